The van der Waals surface area contributed by atoms with E-state index in [4.69, 9.17) is 5.14 Å². The molecule has 0 radical (unpaired) electrons. The second-order valence-corrected chi connectivity index (χ2v) is 30.7. The fourth-order valence-corrected chi connectivity index (χ4v) is 14.9. The number of carbonyl (C=O) groups excluding carboxylic acids is 1. The van der Waals surface area contributed by atoms with Crippen molar-refractivity contribution in [1.82, 2.24) is 10.0 Å². The van der Waals surface area contributed by atoms with Crippen LogP contribution in [0.25, 0.3) is 21.5 Å². The highest BCUT2D eigenvalue weighted by atomic mass is 32.2. The molecule has 1 amide bonds. The minimum Gasteiger partial charge on any atom is -0.352 e. The van der Waals surface area contributed by atoms with Crippen molar-refractivity contribution in [1.29, 1.82) is 0 Å². The van der Waals surface area contributed by atoms with Gasteiger partial charge in [-0.05, 0) is 96.8 Å². The smallest absolute Gasteiger partial charge is 0.295 e. The maximum atomic E-state index is 14.1. The molecule has 81 heavy (non-hydrogen) atoms. The van der Waals surface area contributed by atoms with Gasteiger partial charge in [-0.15, -0.1) is 0 Å². The highest BCUT2D eigenvalue weighted by Crippen LogP contribution is 2.52. The van der Waals surface area contributed by atoms with Crippen LogP contribution in [0.1, 0.15) is 63.6 Å². The van der Waals surface area contributed by atoms with Crippen molar-refractivity contribution in [2.45, 2.75) is 88.8 Å². The summed E-state index contributed by atoms with van der Waals surface area (Å²) in [5.74, 6) is -1.95. The topological polar surface area (TPSA) is 414 Å². The lowest BCUT2D eigenvalue weighted by molar-refractivity contribution is -0.437. The molecule has 0 saturated heterocycles. The van der Waals surface area contributed by atoms with E-state index in [1.54, 1.807) is 67.6 Å². The SMILES string of the molecule is CC1(C)C(/C=C/C=C/C=C2/N(CCCS(=O)(=O)O)c3ccc4c(S(=O)(=O)NCCC(=O)NCc5ccc(S(N)(=O)=O)cc5)cc(S(=O)(=O)O)cc4c3C2(C)C)=[N+](CCCS(=O)(=O)O)c2ccc3c(S(=O)(=O)O)cc(S(=O)(=O)O)cc3c21. The second-order valence-electron chi connectivity index (χ2n) is 20.0. The Hall–Kier alpha value is -5.85. The molecule has 2 heterocycles. The third-order valence-electron chi connectivity index (χ3n) is 13.6. The molecule has 0 fully saturated rings. The Balaban J connectivity index is 1.26. The van der Waals surface area contributed by atoms with Gasteiger partial charge in [0, 0.05) is 77.8 Å². The summed E-state index contributed by atoms with van der Waals surface area (Å²) in [5.41, 5.74) is 0.412. The second kappa shape index (κ2) is 22.4. The molecule has 2 aliphatic heterocycles. The maximum Gasteiger partial charge on any atom is 0.295 e. The van der Waals surface area contributed by atoms with Crippen LogP contribution in [0.5, 0.6) is 0 Å². The van der Waals surface area contributed by atoms with Gasteiger partial charge in [-0.25, -0.2) is 26.7 Å². The number of primary sulfonamides is 1. The highest BCUT2D eigenvalue weighted by Gasteiger charge is 2.47. The van der Waals surface area contributed by atoms with Crippen molar-refractivity contribution >= 4 is 115 Å². The van der Waals surface area contributed by atoms with Gasteiger partial charge in [0.2, 0.25) is 31.6 Å². The predicted octanol–water partition coefficient (Wildman–Crippen LogP) is 4.09. The number of hydrogen-bond donors (Lipinski definition) is 8. The van der Waals surface area contributed by atoms with E-state index in [1.165, 1.54) is 48.5 Å². The van der Waals surface area contributed by atoms with Crippen LogP contribution in [-0.2, 0) is 92.8 Å². The number of allylic oxidation sites excluding steroid dienone is 6. The average molecular weight is 1260 g/mol. The summed E-state index contributed by atoms with van der Waals surface area (Å²) in [6.07, 6.45) is 7.28. The largest absolute Gasteiger partial charge is 0.352 e. The molecular formula is C49H56N5O20S7+. The van der Waals surface area contributed by atoms with Crippen molar-refractivity contribution in [3.8, 4) is 0 Å². The number of carbonyl (C=O) groups is 1. The van der Waals surface area contributed by atoms with Gasteiger partial charge in [0.05, 0.1) is 36.5 Å². The zero-order valence-electron chi connectivity index (χ0n) is 43.4. The van der Waals surface area contributed by atoms with E-state index in [9.17, 15) is 86.5 Å². The summed E-state index contributed by atoms with van der Waals surface area (Å²) in [6, 6.07) is 14.5. The number of nitrogens with zero attached hydrogens (tertiary/aromatic N) is 2. The Morgan fingerprint density at radius 2 is 1.17 bits per heavy atom. The van der Waals surface area contributed by atoms with Crippen molar-refractivity contribution in [3.05, 3.63) is 126 Å². The van der Waals surface area contributed by atoms with Gasteiger partial charge >= 0.3 is 0 Å². The molecule has 0 spiro atoms. The van der Waals surface area contributed by atoms with Crippen molar-refractivity contribution in [2.75, 3.05) is 36.0 Å². The Labute approximate surface area is 468 Å². The first kappa shape index (κ1) is 62.7. The molecule has 32 heteroatoms. The molecule has 0 aliphatic carbocycles. The Bertz CT molecular complexity index is 4410. The lowest BCUT2D eigenvalue weighted by Gasteiger charge is -2.27. The van der Waals surface area contributed by atoms with Gasteiger partial charge in [0.15, 0.2) is 5.71 Å². The number of amides is 1. The number of nitrogens with two attached hydrogens (primary N) is 1. The molecule has 0 atom stereocenters. The monoisotopic (exact) mass is 1260 g/mol. The molecule has 0 saturated carbocycles. The van der Waals surface area contributed by atoms with Crippen LogP contribution in [-0.4, -0.2) is 129 Å². The molecule has 438 valence electrons. The first-order chi connectivity index (χ1) is 37.1. The minimum atomic E-state index is -5.11. The fraction of sp³-hybridized carbons (Fsp3) is 0.306. The van der Waals surface area contributed by atoms with Gasteiger partial charge in [-0.2, -0.15) is 46.7 Å². The van der Waals surface area contributed by atoms with Crippen LogP contribution < -0.4 is 20.1 Å². The normalized spacial score (nSPS) is 16.6. The van der Waals surface area contributed by atoms with Crippen LogP contribution in [0, 0.1) is 0 Å². The standard InChI is InChI=1S/C49H55N5O20S7/c1-48(2)43(10-6-5-7-11-44-49(3,4)47-38-27-34(80(69,70)71)29-42(81(72,73)74)36(38)17-19-40(47)54(44)23-9-25-76(59,60)61)53(22-8-24-75(56,57)58)39-18-16-35-37(46(39)48)26-33(79(66,67)68)28-41(35)78(64,65)52-21-20-45(55)51-30-31-12-14-32(15-13-31)77(50,62)63/h5-7,10-19,26-29,52H,8-9,20-25,30H2,1-4H3,(H7-,50,51,55,56,57,58,59,60,61,62,63,66,67,68,69,70,71,72,73,74)/p+1. The molecule has 9 N–H and O–H groups in total. The Morgan fingerprint density at radius 1 is 0.617 bits per heavy atom. The number of benzene rings is 5. The van der Waals surface area contributed by atoms with Crippen LogP contribution in [0.15, 0.2) is 133 Å². The number of nitrogens with one attached hydrogen (secondary N) is 2. The molecule has 25 nitrogen and oxygen atoms in total. The van der Waals surface area contributed by atoms with Gasteiger partial charge < -0.3 is 10.2 Å². The molecule has 2 aliphatic rings. The number of rotatable bonds is 22. The van der Waals surface area contributed by atoms with E-state index in [0.29, 0.717) is 45.5 Å². The van der Waals surface area contributed by atoms with E-state index < -0.39 is 131 Å². The van der Waals surface area contributed by atoms with E-state index in [1.807, 2.05) is 0 Å². The van der Waals surface area contributed by atoms with Gasteiger partial charge in [0.25, 0.3) is 50.6 Å². The summed E-state index contributed by atoms with van der Waals surface area (Å²) < 4.78 is 228. The maximum absolute atomic E-state index is 14.1. The molecule has 7 rings (SSSR count). The zero-order chi connectivity index (χ0) is 60.3. The summed E-state index contributed by atoms with van der Waals surface area (Å²) in [5, 5.41) is 7.64. The van der Waals surface area contributed by atoms with Crippen LogP contribution in [0.4, 0.5) is 11.4 Å². The molecule has 0 aromatic heterocycles. The lowest BCUT2D eigenvalue weighted by Crippen LogP contribution is -2.31. The quantitative estimate of drug-likeness (QED) is 0.0275. The predicted molar refractivity (Wildman–Crippen MR) is 298 cm³/mol. The van der Waals surface area contributed by atoms with Crippen LogP contribution in [0.2, 0.25) is 0 Å². The number of fused-ring (bicyclic) bond motifs is 6. The summed E-state index contributed by atoms with van der Waals surface area (Å²) in [7, 11) is -32.8. The molecular weight excluding hydrogens is 1200 g/mol. The van der Waals surface area contributed by atoms with Crippen molar-refractivity contribution < 1.29 is 91.1 Å². The first-order valence-corrected chi connectivity index (χ1v) is 34.6. The minimum absolute atomic E-state index is 0.00553. The summed E-state index contributed by atoms with van der Waals surface area (Å²) in [6.45, 7) is 6.17. The van der Waals surface area contributed by atoms with Crippen molar-refractivity contribution in [2.24, 2.45) is 5.14 Å². The molecule has 0 unspecified atom stereocenters. The Morgan fingerprint density at radius 3 is 1.74 bits per heavy atom. The lowest BCUT2D eigenvalue weighted by atomic mass is 9.79. The summed E-state index contributed by atoms with van der Waals surface area (Å²) >= 11 is 0. The zero-order valence-corrected chi connectivity index (χ0v) is 49.1. The number of anilines is 1. The molecule has 5 aromatic rings. The summed E-state index contributed by atoms with van der Waals surface area (Å²) in [4.78, 5) is 11.3. The van der Waals surface area contributed by atoms with Gasteiger partial charge in [-0.3, -0.25) is 27.6 Å². The fourth-order valence-electron chi connectivity index (χ4n) is 10.1. The first-order valence-electron chi connectivity index (χ1n) is 24.0. The van der Waals surface area contributed by atoms with E-state index in [-0.39, 0.29) is 58.9 Å². The third-order valence-corrected chi connectivity index (χ3v) is 20.2. The number of sulfonamides is 2. The molecule has 0 bridgehead atoms. The van der Waals surface area contributed by atoms with E-state index in [0.717, 1.165) is 18.2 Å². The van der Waals surface area contributed by atoms with E-state index in [2.05, 4.69) is 10.0 Å². The van der Waals surface area contributed by atoms with Crippen LogP contribution >= 0.6 is 0 Å². The average Bonchev–Trinajstić information content (AvgIpc) is 3.08. The van der Waals surface area contributed by atoms with Gasteiger partial charge in [-0.1, -0.05) is 50.3 Å². The van der Waals surface area contributed by atoms with Gasteiger partial charge in [0.1, 0.15) is 11.4 Å². The molecule has 5 aromatic carbocycles. The van der Waals surface area contributed by atoms with Crippen molar-refractivity contribution in [3.63, 3.8) is 0 Å². The Kier molecular flexibility index (Phi) is 17.3. The van der Waals surface area contributed by atoms with Crippen LogP contribution in [0.3, 0.4) is 0 Å². The highest BCUT2D eigenvalue weighted by molar-refractivity contribution is 7.90. The third kappa shape index (κ3) is 14.0. The van der Waals surface area contributed by atoms with E-state index >= 15 is 0 Å². The number of hydrogen-bond acceptors (Lipinski definition) is 16.